The van der Waals surface area contributed by atoms with Gasteiger partial charge >= 0.3 is 5.97 Å². The van der Waals surface area contributed by atoms with Crippen LogP contribution in [-0.2, 0) is 14.9 Å². The molecule has 1 aliphatic rings. The first-order valence-electron chi connectivity index (χ1n) is 7.54. The minimum absolute atomic E-state index is 0.210. The molecule has 6 nitrogen and oxygen atoms in total. The summed E-state index contributed by atoms with van der Waals surface area (Å²) in [6.07, 6.45) is 2.43. The summed E-state index contributed by atoms with van der Waals surface area (Å²) in [6.45, 7) is 6.41. The van der Waals surface area contributed by atoms with Crippen LogP contribution in [0.3, 0.4) is 0 Å². The Morgan fingerprint density at radius 1 is 1.52 bits per heavy atom. The van der Waals surface area contributed by atoms with Gasteiger partial charge in [0, 0.05) is 31.6 Å². The van der Waals surface area contributed by atoms with Crippen LogP contribution < -0.4 is 14.8 Å². The van der Waals surface area contributed by atoms with Crippen LogP contribution in [0.15, 0.2) is 12.1 Å². The van der Waals surface area contributed by atoms with Crippen LogP contribution in [0.4, 0.5) is 0 Å². The summed E-state index contributed by atoms with van der Waals surface area (Å²) >= 11 is 0. The van der Waals surface area contributed by atoms with Gasteiger partial charge in [0.05, 0.1) is 6.61 Å². The molecule has 0 spiro atoms. The molecule has 0 saturated heterocycles. The molecule has 0 radical (unpaired) electrons. The number of esters is 1. The zero-order chi connectivity index (χ0) is 17.0. The fraction of sp³-hybridized carbons (Fsp3) is 0.529. The van der Waals surface area contributed by atoms with Crippen LogP contribution >= 0.6 is 0 Å². The summed E-state index contributed by atoms with van der Waals surface area (Å²) in [5.41, 5.74) is 1.74. The van der Waals surface area contributed by atoms with Gasteiger partial charge in [-0.2, -0.15) is 5.26 Å². The molecule has 1 N–H and O–H groups in total. The zero-order valence-corrected chi connectivity index (χ0v) is 13.9. The predicted molar refractivity (Wildman–Crippen MR) is 84.4 cm³/mol. The highest BCUT2D eigenvalue weighted by Crippen LogP contribution is 2.51. The average Bonchev–Trinajstić information content (AvgIpc) is 2.77. The summed E-state index contributed by atoms with van der Waals surface area (Å²) in [5, 5.41) is 11.4. The van der Waals surface area contributed by atoms with Gasteiger partial charge in [-0.15, -0.1) is 0 Å². The lowest BCUT2D eigenvalue weighted by molar-refractivity contribution is -0.132. The number of nitrogens with zero attached hydrogens (tertiary/aromatic N) is 1. The minimum Gasteiger partial charge on any atom is -0.483 e. The molecule has 124 valence electrons. The predicted octanol–water partition coefficient (Wildman–Crippen LogP) is 2.05. The Morgan fingerprint density at radius 2 is 2.26 bits per heavy atom. The van der Waals surface area contributed by atoms with E-state index in [4.69, 9.17) is 19.5 Å². The van der Waals surface area contributed by atoms with E-state index in [2.05, 4.69) is 12.2 Å². The first-order chi connectivity index (χ1) is 10.9. The maximum Gasteiger partial charge on any atom is 0.308 e. The van der Waals surface area contributed by atoms with Gasteiger partial charge in [-0.1, -0.05) is 13.0 Å². The average molecular weight is 318 g/mol. The van der Waals surface area contributed by atoms with E-state index >= 15 is 0 Å². The van der Waals surface area contributed by atoms with Crippen molar-refractivity contribution in [1.29, 1.82) is 5.26 Å². The standard InChI is InChI=1S/C17H22N2O4/c1-11-5-6-13(22-12(2)20)16-15(11)17(3,7-8-19-10-18)14(23-16)9-21-4/h5-6,14,19H,7-9H2,1-4H3/t14-,17-/m0/s1. The van der Waals surface area contributed by atoms with Gasteiger partial charge in [0.25, 0.3) is 0 Å². The van der Waals surface area contributed by atoms with Gasteiger partial charge in [-0.05, 0) is 25.0 Å². The van der Waals surface area contributed by atoms with Crippen LogP contribution in [0, 0.1) is 18.4 Å². The van der Waals surface area contributed by atoms with Crippen molar-refractivity contribution in [3.05, 3.63) is 23.3 Å². The second-order valence-corrected chi connectivity index (χ2v) is 5.95. The lowest BCUT2D eigenvalue weighted by Crippen LogP contribution is -2.40. The van der Waals surface area contributed by atoms with E-state index in [1.54, 1.807) is 13.2 Å². The number of ether oxygens (including phenoxy) is 3. The summed E-state index contributed by atoms with van der Waals surface area (Å²) in [5.74, 6) is 0.639. The Hall–Kier alpha value is -2.26. The highest BCUT2D eigenvalue weighted by molar-refractivity contribution is 5.71. The first kappa shape index (κ1) is 17.1. The van der Waals surface area contributed by atoms with E-state index in [9.17, 15) is 4.79 Å². The van der Waals surface area contributed by atoms with E-state index in [0.29, 0.717) is 31.1 Å². The molecule has 0 aliphatic carbocycles. The highest BCUT2D eigenvalue weighted by Gasteiger charge is 2.47. The van der Waals surface area contributed by atoms with Gasteiger partial charge in [0.2, 0.25) is 0 Å². The molecule has 2 rings (SSSR count). The zero-order valence-electron chi connectivity index (χ0n) is 13.9. The number of rotatable bonds is 6. The normalized spacial score (nSPS) is 22.0. The Labute approximate surface area is 136 Å². The number of nitrogens with one attached hydrogen (secondary N) is 1. The van der Waals surface area contributed by atoms with Crippen molar-refractivity contribution in [3.8, 4) is 17.7 Å². The van der Waals surface area contributed by atoms with Gasteiger partial charge in [-0.3, -0.25) is 4.79 Å². The Kier molecular flexibility index (Phi) is 5.12. The fourth-order valence-corrected chi connectivity index (χ4v) is 3.19. The number of hydrogen-bond donors (Lipinski definition) is 1. The minimum atomic E-state index is -0.386. The molecule has 0 unspecified atom stereocenters. The topological polar surface area (TPSA) is 80.6 Å². The van der Waals surface area contributed by atoms with E-state index in [-0.39, 0.29) is 17.5 Å². The lowest BCUT2D eigenvalue weighted by atomic mass is 9.74. The van der Waals surface area contributed by atoms with Crippen LogP contribution in [0.5, 0.6) is 11.5 Å². The largest absolute Gasteiger partial charge is 0.483 e. The molecule has 1 aromatic rings. The van der Waals surface area contributed by atoms with Crippen LogP contribution in [0.2, 0.25) is 0 Å². The number of benzene rings is 1. The SMILES string of the molecule is COC[C@@H]1Oc2c(OC(C)=O)ccc(C)c2[C@@]1(C)CCNC#N. The maximum atomic E-state index is 11.3. The molecular formula is C17H22N2O4. The van der Waals surface area contributed by atoms with Crippen molar-refractivity contribution >= 4 is 5.97 Å². The summed E-state index contributed by atoms with van der Waals surface area (Å²) in [6, 6.07) is 3.67. The van der Waals surface area contributed by atoms with E-state index < -0.39 is 0 Å². The van der Waals surface area contributed by atoms with Crippen molar-refractivity contribution in [2.75, 3.05) is 20.3 Å². The van der Waals surface area contributed by atoms with Crippen molar-refractivity contribution < 1.29 is 19.0 Å². The fourth-order valence-electron chi connectivity index (χ4n) is 3.19. The third-order valence-corrected chi connectivity index (χ3v) is 4.29. The smallest absolute Gasteiger partial charge is 0.308 e. The van der Waals surface area contributed by atoms with Gasteiger partial charge in [0.15, 0.2) is 17.7 Å². The second kappa shape index (κ2) is 6.88. The van der Waals surface area contributed by atoms with Crippen molar-refractivity contribution in [2.24, 2.45) is 0 Å². The van der Waals surface area contributed by atoms with Gasteiger partial charge in [-0.25, -0.2) is 0 Å². The monoisotopic (exact) mass is 318 g/mol. The summed E-state index contributed by atoms with van der Waals surface area (Å²) < 4.78 is 16.7. The van der Waals surface area contributed by atoms with Crippen LogP contribution in [-0.4, -0.2) is 32.3 Å². The molecule has 6 heteroatoms. The molecule has 0 saturated carbocycles. The van der Waals surface area contributed by atoms with E-state index in [1.165, 1.54) is 6.92 Å². The van der Waals surface area contributed by atoms with Crippen molar-refractivity contribution in [2.45, 2.75) is 38.7 Å². The Morgan fingerprint density at radius 3 is 2.87 bits per heavy atom. The number of fused-ring (bicyclic) bond motifs is 1. The van der Waals surface area contributed by atoms with Crippen molar-refractivity contribution in [1.82, 2.24) is 5.32 Å². The molecule has 0 bridgehead atoms. The third-order valence-electron chi connectivity index (χ3n) is 4.29. The third kappa shape index (κ3) is 3.25. The van der Waals surface area contributed by atoms with Crippen LogP contribution in [0.25, 0.3) is 0 Å². The molecule has 2 atom stereocenters. The molecule has 0 aromatic heterocycles. The number of nitriles is 1. The number of hydrogen-bond acceptors (Lipinski definition) is 6. The quantitative estimate of drug-likeness (QED) is 0.284. The number of methoxy groups -OCH3 is 1. The first-order valence-corrected chi connectivity index (χ1v) is 7.54. The second-order valence-electron chi connectivity index (χ2n) is 5.95. The molecule has 0 fully saturated rings. The number of carbonyl (C=O) groups is 1. The van der Waals surface area contributed by atoms with E-state index in [0.717, 1.165) is 11.1 Å². The molecular weight excluding hydrogens is 296 g/mol. The molecule has 1 heterocycles. The highest BCUT2D eigenvalue weighted by atomic mass is 16.6. The Bertz CT molecular complexity index is 638. The molecule has 1 aliphatic heterocycles. The van der Waals surface area contributed by atoms with Gasteiger partial charge in [0.1, 0.15) is 6.10 Å². The van der Waals surface area contributed by atoms with Crippen LogP contribution in [0.1, 0.15) is 31.4 Å². The molecule has 23 heavy (non-hydrogen) atoms. The summed E-state index contributed by atoms with van der Waals surface area (Å²) in [4.78, 5) is 11.3. The lowest BCUT2D eigenvalue weighted by Gasteiger charge is -2.30. The van der Waals surface area contributed by atoms with Gasteiger partial charge < -0.3 is 19.5 Å². The summed E-state index contributed by atoms with van der Waals surface area (Å²) in [7, 11) is 1.63. The van der Waals surface area contributed by atoms with Crippen molar-refractivity contribution in [3.63, 3.8) is 0 Å². The molecule has 1 aromatic carbocycles. The van der Waals surface area contributed by atoms with E-state index in [1.807, 2.05) is 19.2 Å². The maximum absolute atomic E-state index is 11.3. The molecule has 0 amide bonds. The Balaban J connectivity index is 2.46. The number of aryl methyl sites for hydroxylation is 1. The number of carbonyl (C=O) groups excluding carboxylic acids is 1.